The van der Waals surface area contributed by atoms with E-state index in [-0.39, 0.29) is 29.7 Å². The summed E-state index contributed by atoms with van der Waals surface area (Å²) in [5, 5.41) is 12.2. The third-order valence-corrected chi connectivity index (χ3v) is 6.13. The van der Waals surface area contributed by atoms with Gasteiger partial charge in [0.05, 0.1) is 17.5 Å². The fourth-order valence-electron chi connectivity index (χ4n) is 3.32. The summed E-state index contributed by atoms with van der Waals surface area (Å²) in [6, 6.07) is 5.71. The molecule has 1 saturated heterocycles. The van der Waals surface area contributed by atoms with Gasteiger partial charge in [-0.15, -0.1) is 11.8 Å². The Balaban J connectivity index is 1.66. The number of piperazine rings is 1. The Morgan fingerprint density at radius 3 is 2.72 bits per heavy atom. The van der Waals surface area contributed by atoms with E-state index < -0.39 is 0 Å². The van der Waals surface area contributed by atoms with Gasteiger partial charge in [0.1, 0.15) is 0 Å². The number of aliphatic hydroxyl groups excluding tert-OH is 1. The third-order valence-electron chi connectivity index (χ3n) is 4.96. The molecule has 2 amide bonds. The molecule has 2 heterocycles. The smallest absolute Gasteiger partial charge is 0.254 e. The second kappa shape index (κ2) is 7.76. The maximum Gasteiger partial charge on any atom is 0.254 e. The Hall–Kier alpha value is -1.57. The zero-order chi connectivity index (χ0) is 18.0. The van der Waals surface area contributed by atoms with Crippen LogP contribution in [0.5, 0.6) is 0 Å². The van der Waals surface area contributed by atoms with Crippen LogP contribution in [0.25, 0.3) is 0 Å². The maximum absolute atomic E-state index is 12.8. The van der Waals surface area contributed by atoms with Crippen LogP contribution >= 0.6 is 11.8 Å². The molecule has 2 unspecified atom stereocenters. The summed E-state index contributed by atoms with van der Waals surface area (Å²) in [6.45, 7) is 6.97. The zero-order valence-corrected chi connectivity index (χ0v) is 15.5. The zero-order valence-electron chi connectivity index (χ0n) is 14.7. The van der Waals surface area contributed by atoms with Crippen molar-refractivity contribution in [2.24, 2.45) is 0 Å². The van der Waals surface area contributed by atoms with E-state index in [0.29, 0.717) is 18.7 Å². The minimum atomic E-state index is -0.111. The van der Waals surface area contributed by atoms with Gasteiger partial charge in [0.15, 0.2) is 0 Å². The van der Waals surface area contributed by atoms with Crippen LogP contribution in [0.15, 0.2) is 23.1 Å². The van der Waals surface area contributed by atoms with Crippen LogP contribution in [0.2, 0.25) is 0 Å². The highest BCUT2D eigenvalue weighted by atomic mass is 32.2. The SMILES string of the molecule is CCC(CO)N1CCN(C(=O)c2ccc3c(c2)NC(=O)C(C)S3)CC1. The molecule has 0 spiro atoms. The van der Waals surface area contributed by atoms with Gasteiger partial charge in [-0.2, -0.15) is 0 Å². The van der Waals surface area contributed by atoms with Gasteiger partial charge in [0, 0.05) is 42.7 Å². The highest BCUT2D eigenvalue weighted by molar-refractivity contribution is 8.00. The minimum Gasteiger partial charge on any atom is -0.395 e. The quantitative estimate of drug-likeness (QED) is 0.851. The van der Waals surface area contributed by atoms with E-state index in [4.69, 9.17) is 0 Å². The lowest BCUT2D eigenvalue weighted by atomic mass is 10.1. The van der Waals surface area contributed by atoms with Crippen LogP contribution in [0.4, 0.5) is 5.69 Å². The van der Waals surface area contributed by atoms with Crippen molar-refractivity contribution in [3.05, 3.63) is 23.8 Å². The van der Waals surface area contributed by atoms with E-state index in [1.54, 1.807) is 6.07 Å². The van der Waals surface area contributed by atoms with E-state index in [9.17, 15) is 14.7 Å². The number of nitrogens with one attached hydrogen (secondary N) is 1. The molecule has 3 rings (SSSR count). The first-order chi connectivity index (χ1) is 12.0. The molecule has 136 valence electrons. The summed E-state index contributed by atoms with van der Waals surface area (Å²) in [5.41, 5.74) is 1.33. The molecule has 1 aromatic rings. The Kier molecular flexibility index (Phi) is 5.66. The van der Waals surface area contributed by atoms with Crippen molar-refractivity contribution in [2.75, 3.05) is 38.1 Å². The molecule has 2 aliphatic heterocycles. The third kappa shape index (κ3) is 3.83. The number of aliphatic hydroxyl groups is 1. The van der Waals surface area contributed by atoms with Crippen LogP contribution in [0.3, 0.4) is 0 Å². The molecule has 1 fully saturated rings. The molecule has 0 bridgehead atoms. The molecule has 0 aromatic heterocycles. The molecule has 7 heteroatoms. The number of rotatable bonds is 4. The number of benzene rings is 1. The average Bonchev–Trinajstić information content (AvgIpc) is 2.63. The largest absolute Gasteiger partial charge is 0.395 e. The molecule has 2 atom stereocenters. The Morgan fingerprint density at radius 2 is 2.08 bits per heavy atom. The van der Waals surface area contributed by atoms with Crippen LogP contribution in [0.1, 0.15) is 30.6 Å². The summed E-state index contributed by atoms with van der Waals surface area (Å²) in [6.07, 6.45) is 0.908. The minimum absolute atomic E-state index is 0.00244. The number of carbonyl (C=O) groups excluding carboxylic acids is 2. The second-order valence-corrected chi connectivity index (χ2v) is 7.92. The predicted octanol–water partition coefficient (Wildman–Crippen LogP) is 1.65. The molecule has 1 aromatic carbocycles. The second-order valence-electron chi connectivity index (χ2n) is 6.53. The number of fused-ring (bicyclic) bond motifs is 1. The first kappa shape index (κ1) is 18.2. The van der Waals surface area contributed by atoms with E-state index in [1.165, 1.54) is 11.8 Å². The molecule has 6 nitrogen and oxygen atoms in total. The van der Waals surface area contributed by atoms with Crippen molar-refractivity contribution in [2.45, 2.75) is 36.5 Å². The van der Waals surface area contributed by atoms with E-state index >= 15 is 0 Å². The molecule has 0 saturated carbocycles. The summed E-state index contributed by atoms with van der Waals surface area (Å²) in [4.78, 5) is 29.7. The molecular formula is C18H25N3O3S. The molecule has 2 N–H and O–H groups in total. The summed E-state index contributed by atoms with van der Waals surface area (Å²) < 4.78 is 0. The van der Waals surface area contributed by atoms with Gasteiger partial charge >= 0.3 is 0 Å². The lowest BCUT2D eigenvalue weighted by Gasteiger charge is -2.38. The molecule has 0 aliphatic carbocycles. The molecule has 0 radical (unpaired) electrons. The number of amides is 2. The fraction of sp³-hybridized carbons (Fsp3) is 0.556. The molecule has 25 heavy (non-hydrogen) atoms. The van der Waals surface area contributed by atoms with Crippen LogP contribution < -0.4 is 5.32 Å². The highest BCUT2D eigenvalue weighted by Crippen LogP contribution is 2.36. The fourth-order valence-corrected chi connectivity index (χ4v) is 4.25. The van der Waals surface area contributed by atoms with Crippen molar-refractivity contribution < 1.29 is 14.7 Å². The number of hydrogen-bond donors (Lipinski definition) is 2. The standard InChI is InChI=1S/C18H25N3O3S/c1-3-14(11-22)20-6-8-21(9-7-20)18(24)13-4-5-16-15(10-13)19-17(23)12(2)25-16/h4-5,10,12,14,22H,3,6-9,11H2,1-2H3,(H,19,23). The van der Waals surface area contributed by atoms with Crippen LogP contribution in [-0.4, -0.2) is 70.8 Å². The van der Waals surface area contributed by atoms with Gasteiger partial charge in [-0.3, -0.25) is 14.5 Å². The number of anilines is 1. The van der Waals surface area contributed by atoms with Crippen LogP contribution in [0, 0.1) is 0 Å². The summed E-state index contributed by atoms with van der Waals surface area (Å²) >= 11 is 1.52. The van der Waals surface area contributed by atoms with Gasteiger partial charge in [-0.25, -0.2) is 0 Å². The molecular weight excluding hydrogens is 338 g/mol. The van der Waals surface area contributed by atoms with E-state index in [2.05, 4.69) is 17.1 Å². The van der Waals surface area contributed by atoms with E-state index in [0.717, 1.165) is 30.1 Å². The summed E-state index contributed by atoms with van der Waals surface area (Å²) in [7, 11) is 0. The lowest BCUT2D eigenvalue weighted by molar-refractivity contribution is -0.115. The first-order valence-electron chi connectivity index (χ1n) is 8.79. The van der Waals surface area contributed by atoms with Crippen molar-refractivity contribution in [3.8, 4) is 0 Å². The molecule has 2 aliphatic rings. The Labute approximate surface area is 152 Å². The Morgan fingerprint density at radius 1 is 1.36 bits per heavy atom. The number of thioether (sulfide) groups is 1. The van der Waals surface area contributed by atoms with Gasteiger partial charge in [-0.05, 0) is 31.5 Å². The van der Waals surface area contributed by atoms with Crippen molar-refractivity contribution >= 4 is 29.3 Å². The van der Waals surface area contributed by atoms with Crippen molar-refractivity contribution in [3.63, 3.8) is 0 Å². The number of carbonyl (C=O) groups is 2. The lowest BCUT2D eigenvalue weighted by Crippen LogP contribution is -2.52. The maximum atomic E-state index is 12.8. The van der Waals surface area contributed by atoms with Crippen LogP contribution in [-0.2, 0) is 4.79 Å². The van der Waals surface area contributed by atoms with Gasteiger partial charge in [-0.1, -0.05) is 6.92 Å². The highest BCUT2D eigenvalue weighted by Gasteiger charge is 2.27. The topological polar surface area (TPSA) is 72.9 Å². The number of nitrogens with zero attached hydrogens (tertiary/aromatic N) is 2. The monoisotopic (exact) mass is 363 g/mol. The van der Waals surface area contributed by atoms with Crippen molar-refractivity contribution in [1.29, 1.82) is 0 Å². The number of hydrogen-bond acceptors (Lipinski definition) is 5. The van der Waals surface area contributed by atoms with E-state index in [1.807, 2.05) is 24.0 Å². The summed E-state index contributed by atoms with van der Waals surface area (Å²) in [5.74, 6) is -0.0253. The van der Waals surface area contributed by atoms with Crippen molar-refractivity contribution in [1.82, 2.24) is 9.80 Å². The van der Waals surface area contributed by atoms with Gasteiger partial charge in [0.2, 0.25) is 5.91 Å². The Bertz CT molecular complexity index is 655. The predicted molar refractivity (Wildman–Crippen MR) is 99.0 cm³/mol. The average molecular weight is 363 g/mol. The first-order valence-corrected chi connectivity index (χ1v) is 9.67. The van der Waals surface area contributed by atoms with Gasteiger partial charge in [0.25, 0.3) is 5.91 Å². The van der Waals surface area contributed by atoms with Gasteiger partial charge < -0.3 is 15.3 Å². The normalized spacial score (nSPS) is 22.3.